The van der Waals surface area contributed by atoms with E-state index in [1.54, 1.807) is 0 Å². The Hall–Kier alpha value is -1.31. The molecule has 0 N–H and O–H groups in total. The summed E-state index contributed by atoms with van der Waals surface area (Å²) in [6, 6.07) is 0.767. The monoisotopic (exact) mass is 261 g/mol. The van der Waals surface area contributed by atoms with Crippen LogP contribution in [-0.4, -0.2) is 22.9 Å². The van der Waals surface area contributed by atoms with Gasteiger partial charge in [0, 0.05) is 12.1 Å². The summed E-state index contributed by atoms with van der Waals surface area (Å²) in [5.41, 5.74) is 2.35. The van der Waals surface area contributed by atoms with Crippen LogP contribution in [0.15, 0.2) is 36.0 Å². The third kappa shape index (κ3) is 3.82. The van der Waals surface area contributed by atoms with Crippen molar-refractivity contribution in [2.45, 2.75) is 65.5 Å². The first-order valence-electron chi connectivity index (χ1n) is 7.27. The summed E-state index contributed by atoms with van der Waals surface area (Å²) in [6.07, 6.45) is 9.63. The van der Waals surface area contributed by atoms with Crippen LogP contribution >= 0.6 is 0 Å². The molecule has 0 aliphatic carbocycles. The molecule has 2 unspecified atom stereocenters. The molecule has 1 heterocycles. The number of allylic oxidation sites excluding steroid dienone is 4. The van der Waals surface area contributed by atoms with E-state index >= 15 is 0 Å². The van der Waals surface area contributed by atoms with Crippen molar-refractivity contribution in [3.63, 3.8) is 0 Å². The van der Waals surface area contributed by atoms with Gasteiger partial charge in [0.25, 0.3) is 0 Å². The Kier molecular flexibility index (Phi) is 6.07. The third-order valence-electron chi connectivity index (χ3n) is 4.06. The van der Waals surface area contributed by atoms with Crippen molar-refractivity contribution in [1.82, 2.24) is 4.90 Å². The van der Waals surface area contributed by atoms with Crippen LogP contribution in [0.4, 0.5) is 0 Å². The lowest BCUT2D eigenvalue weighted by Gasteiger charge is -2.27. The van der Waals surface area contributed by atoms with Crippen LogP contribution in [-0.2, 0) is 4.79 Å². The lowest BCUT2D eigenvalue weighted by molar-refractivity contribution is -0.132. The molecule has 0 aromatic rings. The zero-order chi connectivity index (χ0) is 14.4. The highest BCUT2D eigenvalue weighted by atomic mass is 16.2. The number of carbonyl (C=O) groups is 1. The van der Waals surface area contributed by atoms with Gasteiger partial charge in [0.05, 0.1) is 6.42 Å². The summed E-state index contributed by atoms with van der Waals surface area (Å²) in [5.74, 6) is 0.258. The highest BCUT2D eigenvalue weighted by molar-refractivity contribution is 5.80. The largest absolute Gasteiger partial charge is 0.337 e. The summed E-state index contributed by atoms with van der Waals surface area (Å²) >= 11 is 0. The maximum absolute atomic E-state index is 12.5. The van der Waals surface area contributed by atoms with Gasteiger partial charge in [-0.1, -0.05) is 18.2 Å². The second kappa shape index (κ2) is 7.32. The first-order chi connectivity index (χ1) is 9.04. The molecule has 0 saturated carbocycles. The topological polar surface area (TPSA) is 20.3 Å². The lowest BCUT2D eigenvalue weighted by atomic mass is 9.98. The summed E-state index contributed by atoms with van der Waals surface area (Å²) in [6.45, 7) is 12.1. The molecule has 1 rings (SSSR count). The molecule has 2 heteroatoms. The van der Waals surface area contributed by atoms with Crippen LogP contribution in [0.1, 0.15) is 53.4 Å². The van der Waals surface area contributed by atoms with Gasteiger partial charge in [-0.3, -0.25) is 4.79 Å². The van der Waals surface area contributed by atoms with Crippen LogP contribution in [0.2, 0.25) is 0 Å². The molecule has 1 fully saturated rings. The molecule has 19 heavy (non-hydrogen) atoms. The maximum atomic E-state index is 12.5. The van der Waals surface area contributed by atoms with E-state index in [9.17, 15) is 4.79 Å². The van der Waals surface area contributed by atoms with Crippen molar-refractivity contribution < 1.29 is 4.79 Å². The summed E-state index contributed by atoms with van der Waals surface area (Å²) < 4.78 is 0. The van der Waals surface area contributed by atoms with Crippen LogP contribution in [0, 0.1) is 0 Å². The molecule has 2 nitrogen and oxygen atoms in total. The molecule has 0 bridgehead atoms. The average molecular weight is 261 g/mol. The van der Waals surface area contributed by atoms with Crippen LogP contribution in [0.3, 0.4) is 0 Å². The van der Waals surface area contributed by atoms with Crippen molar-refractivity contribution in [3.8, 4) is 0 Å². The molecule has 1 amide bonds. The Bertz CT molecular complexity index is 382. The van der Waals surface area contributed by atoms with Gasteiger partial charge in [0.2, 0.25) is 5.91 Å². The fraction of sp³-hybridized carbons (Fsp3) is 0.588. The van der Waals surface area contributed by atoms with Crippen molar-refractivity contribution in [1.29, 1.82) is 0 Å². The van der Waals surface area contributed by atoms with Crippen molar-refractivity contribution in [2.75, 3.05) is 0 Å². The number of nitrogens with zero attached hydrogens (tertiary/aromatic N) is 1. The molecule has 106 valence electrons. The van der Waals surface area contributed by atoms with Gasteiger partial charge in [-0.2, -0.15) is 0 Å². The van der Waals surface area contributed by atoms with Gasteiger partial charge in [0.15, 0.2) is 0 Å². The predicted molar refractivity (Wildman–Crippen MR) is 81.9 cm³/mol. The minimum absolute atomic E-state index is 0.258. The van der Waals surface area contributed by atoms with E-state index in [1.807, 2.05) is 19.9 Å². The number of hydrogen-bond donors (Lipinski definition) is 0. The SMILES string of the molecule is C=CCC(=CC)C(=CC)CC(=O)N1C(C)CCC1C. The van der Waals surface area contributed by atoms with E-state index < -0.39 is 0 Å². The minimum Gasteiger partial charge on any atom is -0.337 e. The number of carbonyl (C=O) groups excluding carboxylic acids is 1. The average Bonchev–Trinajstić information content (AvgIpc) is 2.73. The Balaban J connectivity index is 2.76. The molecule has 0 radical (unpaired) electrons. The first-order valence-corrected chi connectivity index (χ1v) is 7.27. The van der Waals surface area contributed by atoms with Gasteiger partial charge in [-0.25, -0.2) is 0 Å². The van der Waals surface area contributed by atoms with Crippen molar-refractivity contribution in [3.05, 3.63) is 36.0 Å². The quantitative estimate of drug-likeness (QED) is 0.535. The Morgan fingerprint density at radius 2 is 1.68 bits per heavy atom. The number of rotatable bonds is 5. The van der Waals surface area contributed by atoms with E-state index in [0.717, 1.165) is 24.8 Å². The zero-order valence-corrected chi connectivity index (χ0v) is 12.8. The number of likely N-dealkylation sites (tertiary alicyclic amines) is 1. The van der Waals surface area contributed by atoms with E-state index in [4.69, 9.17) is 0 Å². The molecule has 0 aromatic carbocycles. The van der Waals surface area contributed by atoms with E-state index in [-0.39, 0.29) is 5.91 Å². The molecular formula is C17H27NO. The molecule has 0 spiro atoms. The third-order valence-corrected chi connectivity index (χ3v) is 4.06. The summed E-state index contributed by atoms with van der Waals surface area (Å²) in [4.78, 5) is 14.6. The van der Waals surface area contributed by atoms with Gasteiger partial charge in [0.1, 0.15) is 0 Å². The number of hydrogen-bond acceptors (Lipinski definition) is 1. The predicted octanol–water partition coefficient (Wildman–Crippen LogP) is 4.24. The Morgan fingerprint density at radius 1 is 1.16 bits per heavy atom. The van der Waals surface area contributed by atoms with Gasteiger partial charge >= 0.3 is 0 Å². The second-order valence-electron chi connectivity index (χ2n) is 5.37. The zero-order valence-electron chi connectivity index (χ0n) is 12.8. The van der Waals surface area contributed by atoms with Gasteiger partial charge in [-0.15, -0.1) is 6.58 Å². The molecule has 0 aromatic heterocycles. The summed E-state index contributed by atoms with van der Waals surface area (Å²) in [5, 5.41) is 0. The molecule has 2 atom stereocenters. The Morgan fingerprint density at radius 3 is 2.11 bits per heavy atom. The van der Waals surface area contributed by atoms with Gasteiger partial charge < -0.3 is 4.90 Å². The highest BCUT2D eigenvalue weighted by Crippen LogP contribution is 2.27. The second-order valence-corrected chi connectivity index (χ2v) is 5.37. The first kappa shape index (κ1) is 15.7. The fourth-order valence-electron chi connectivity index (χ4n) is 2.93. The maximum Gasteiger partial charge on any atom is 0.227 e. The smallest absolute Gasteiger partial charge is 0.227 e. The van der Waals surface area contributed by atoms with Crippen molar-refractivity contribution in [2.24, 2.45) is 0 Å². The highest BCUT2D eigenvalue weighted by Gasteiger charge is 2.31. The molecule has 1 aliphatic rings. The van der Waals surface area contributed by atoms with Gasteiger partial charge in [-0.05, 0) is 58.1 Å². The normalized spacial score (nSPS) is 24.7. The van der Waals surface area contributed by atoms with E-state index in [0.29, 0.717) is 18.5 Å². The van der Waals surface area contributed by atoms with E-state index in [2.05, 4.69) is 37.5 Å². The van der Waals surface area contributed by atoms with E-state index in [1.165, 1.54) is 5.57 Å². The number of amides is 1. The van der Waals surface area contributed by atoms with Crippen LogP contribution in [0.5, 0.6) is 0 Å². The molecule has 1 aliphatic heterocycles. The fourth-order valence-corrected chi connectivity index (χ4v) is 2.93. The summed E-state index contributed by atoms with van der Waals surface area (Å²) in [7, 11) is 0. The molecular weight excluding hydrogens is 234 g/mol. The Labute approximate surface area is 117 Å². The molecule has 1 saturated heterocycles. The van der Waals surface area contributed by atoms with Crippen molar-refractivity contribution >= 4 is 5.91 Å². The lowest BCUT2D eigenvalue weighted by Crippen LogP contribution is -2.38. The van der Waals surface area contributed by atoms with Crippen LogP contribution in [0.25, 0.3) is 0 Å². The van der Waals surface area contributed by atoms with Crippen LogP contribution < -0.4 is 0 Å². The standard InChI is InChI=1S/C17H27NO/c1-6-9-15(7-2)16(8-3)12-17(19)18-13(4)10-11-14(18)5/h6-8,13-14H,1,9-12H2,2-5H3. The minimum atomic E-state index is 0.258.